The third kappa shape index (κ3) is 4.05. The summed E-state index contributed by atoms with van der Waals surface area (Å²) >= 11 is 2.89. The Morgan fingerprint density at radius 3 is 2.26 bits per heavy atom. The molecule has 0 heterocycles. The molecule has 1 aromatic rings. The first kappa shape index (κ1) is 15.7. The fourth-order valence-corrected chi connectivity index (χ4v) is 1.50. The average molecular weight is 349 g/mol. The molecule has 0 fully saturated rings. The average Bonchev–Trinajstić information content (AvgIpc) is 2.24. The second-order valence-corrected chi connectivity index (χ2v) is 4.39. The summed E-state index contributed by atoms with van der Waals surface area (Å²) in [6.45, 7) is -1.92. The molecule has 0 unspecified atom stereocenters. The standard InChI is InChI=1S/C10H6BrF5O3/c11-6-1-5(8(17)18)2-7(3-6)19-4-9(12,13)10(14,15)16/h1-3H,4H2,(H,17,18). The molecule has 0 amide bonds. The third-order valence-corrected chi connectivity index (χ3v) is 2.41. The van der Waals surface area contributed by atoms with Crippen molar-refractivity contribution in [2.24, 2.45) is 0 Å². The summed E-state index contributed by atoms with van der Waals surface area (Å²) in [5.74, 6) is -6.79. The molecule has 0 spiro atoms. The van der Waals surface area contributed by atoms with Crippen molar-refractivity contribution in [1.82, 2.24) is 0 Å². The molecular weight excluding hydrogens is 343 g/mol. The maximum Gasteiger partial charge on any atom is 0.456 e. The monoisotopic (exact) mass is 348 g/mol. The van der Waals surface area contributed by atoms with Crippen LogP contribution in [0.5, 0.6) is 5.75 Å². The number of hydrogen-bond acceptors (Lipinski definition) is 2. The molecule has 0 aliphatic carbocycles. The fraction of sp³-hybridized carbons (Fsp3) is 0.300. The van der Waals surface area contributed by atoms with E-state index in [1.165, 1.54) is 0 Å². The topological polar surface area (TPSA) is 46.5 Å². The number of aromatic carboxylic acids is 1. The highest BCUT2D eigenvalue weighted by atomic mass is 79.9. The van der Waals surface area contributed by atoms with Crippen LogP contribution in [0.4, 0.5) is 22.0 Å². The SMILES string of the molecule is O=C(O)c1cc(Br)cc(OCC(F)(F)C(F)(F)F)c1. The van der Waals surface area contributed by atoms with Crippen LogP contribution in [0, 0.1) is 0 Å². The van der Waals surface area contributed by atoms with E-state index in [0.29, 0.717) is 0 Å². The molecule has 106 valence electrons. The van der Waals surface area contributed by atoms with Gasteiger partial charge < -0.3 is 9.84 Å². The number of halogens is 6. The fourth-order valence-electron chi connectivity index (χ4n) is 1.03. The normalized spacial score (nSPS) is 12.3. The number of carboxylic acid groups (broad SMARTS) is 1. The van der Waals surface area contributed by atoms with Crippen LogP contribution in [0.1, 0.15) is 10.4 Å². The Balaban J connectivity index is 2.87. The maximum atomic E-state index is 12.6. The van der Waals surface area contributed by atoms with Gasteiger partial charge >= 0.3 is 18.1 Å². The van der Waals surface area contributed by atoms with Crippen LogP contribution in [-0.4, -0.2) is 29.8 Å². The van der Waals surface area contributed by atoms with E-state index in [0.717, 1.165) is 18.2 Å². The molecule has 0 aliphatic rings. The molecule has 0 atom stereocenters. The van der Waals surface area contributed by atoms with Gasteiger partial charge in [0.05, 0.1) is 5.56 Å². The van der Waals surface area contributed by atoms with Crippen molar-refractivity contribution in [3.05, 3.63) is 28.2 Å². The van der Waals surface area contributed by atoms with Gasteiger partial charge in [0, 0.05) is 4.47 Å². The van der Waals surface area contributed by atoms with Gasteiger partial charge in [-0.25, -0.2) is 4.79 Å². The van der Waals surface area contributed by atoms with E-state index >= 15 is 0 Å². The van der Waals surface area contributed by atoms with E-state index in [2.05, 4.69) is 20.7 Å². The molecule has 0 aromatic heterocycles. The molecule has 0 bridgehead atoms. The first-order chi connectivity index (χ1) is 8.53. The molecule has 1 N–H and O–H groups in total. The van der Waals surface area contributed by atoms with E-state index in [1.54, 1.807) is 0 Å². The van der Waals surface area contributed by atoms with Crippen molar-refractivity contribution >= 4 is 21.9 Å². The van der Waals surface area contributed by atoms with E-state index in [9.17, 15) is 26.7 Å². The van der Waals surface area contributed by atoms with E-state index < -0.39 is 30.4 Å². The summed E-state index contributed by atoms with van der Waals surface area (Å²) in [5.41, 5.74) is -0.306. The summed E-state index contributed by atoms with van der Waals surface area (Å²) in [5, 5.41) is 8.69. The Morgan fingerprint density at radius 1 is 1.21 bits per heavy atom. The van der Waals surface area contributed by atoms with Gasteiger partial charge in [0.2, 0.25) is 0 Å². The quantitative estimate of drug-likeness (QED) is 0.843. The summed E-state index contributed by atoms with van der Waals surface area (Å²) in [6.07, 6.45) is -5.73. The van der Waals surface area contributed by atoms with Crippen LogP contribution in [0.3, 0.4) is 0 Å². The second-order valence-electron chi connectivity index (χ2n) is 3.47. The Labute approximate surface area is 112 Å². The highest BCUT2D eigenvalue weighted by Crippen LogP contribution is 2.36. The van der Waals surface area contributed by atoms with Crippen LogP contribution < -0.4 is 4.74 Å². The first-order valence-corrected chi connectivity index (χ1v) is 5.43. The van der Waals surface area contributed by atoms with Crippen LogP contribution in [0.15, 0.2) is 22.7 Å². The predicted octanol–water partition coefficient (Wildman–Crippen LogP) is 3.72. The number of alkyl halides is 5. The van der Waals surface area contributed by atoms with Crippen LogP contribution in [0.25, 0.3) is 0 Å². The van der Waals surface area contributed by atoms with Crippen molar-refractivity contribution in [3.63, 3.8) is 0 Å². The molecule has 0 radical (unpaired) electrons. The number of carboxylic acids is 1. The lowest BCUT2D eigenvalue weighted by Crippen LogP contribution is -2.41. The zero-order valence-corrected chi connectivity index (χ0v) is 10.6. The van der Waals surface area contributed by atoms with E-state index in [1.807, 2.05) is 0 Å². The Kier molecular flexibility index (Phi) is 4.39. The number of ether oxygens (including phenoxy) is 1. The van der Waals surface area contributed by atoms with Gasteiger partial charge in [0.1, 0.15) is 5.75 Å². The minimum Gasteiger partial charge on any atom is -0.487 e. The smallest absolute Gasteiger partial charge is 0.456 e. The van der Waals surface area contributed by atoms with Crippen LogP contribution in [-0.2, 0) is 0 Å². The van der Waals surface area contributed by atoms with Gasteiger partial charge in [-0.3, -0.25) is 0 Å². The van der Waals surface area contributed by atoms with Crippen molar-refractivity contribution in [1.29, 1.82) is 0 Å². The van der Waals surface area contributed by atoms with Crippen molar-refractivity contribution in [3.8, 4) is 5.75 Å². The van der Waals surface area contributed by atoms with Crippen LogP contribution >= 0.6 is 15.9 Å². The molecule has 0 aliphatic heterocycles. The lowest BCUT2D eigenvalue weighted by atomic mass is 10.2. The molecule has 19 heavy (non-hydrogen) atoms. The molecule has 1 aromatic carbocycles. The Morgan fingerprint density at radius 2 is 1.79 bits per heavy atom. The van der Waals surface area contributed by atoms with Gasteiger partial charge in [-0.2, -0.15) is 22.0 Å². The number of hydrogen-bond donors (Lipinski definition) is 1. The van der Waals surface area contributed by atoms with Gasteiger partial charge in [-0.15, -0.1) is 0 Å². The van der Waals surface area contributed by atoms with Crippen molar-refractivity contribution < 1.29 is 36.6 Å². The summed E-state index contributed by atoms with van der Waals surface area (Å²) in [6, 6.07) is 3.08. The van der Waals surface area contributed by atoms with Crippen molar-refractivity contribution in [2.75, 3.05) is 6.61 Å². The third-order valence-electron chi connectivity index (χ3n) is 1.95. The lowest BCUT2D eigenvalue weighted by molar-refractivity contribution is -0.290. The predicted molar refractivity (Wildman–Crippen MR) is 57.6 cm³/mol. The molecular formula is C10H6BrF5O3. The highest BCUT2D eigenvalue weighted by Gasteiger charge is 2.58. The first-order valence-electron chi connectivity index (χ1n) is 4.64. The minimum absolute atomic E-state index is 0.178. The summed E-state index contributed by atoms with van der Waals surface area (Å²) in [7, 11) is 0. The summed E-state index contributed by atoms with van der Waals surface area (Å²) < 4.78 is 65.3. The van der Waals surface area contributed by atoms with Gasteiger partial charge in [-0.05, 0) is 18.2 Å². The Bertz CT molecular complexity index is 487. The highest BCUT2D eigenvalue weighted by molar-refractivity contribution is 9.10. The van der Waals surface area contributed by atoms with Crippen molar-refractivity contribution in [2.45, 2.75) is 12.1 Å². The molecule has 0 saturated carbocycles. The van der Waals surface area contributed by atoms with Gasteiger partial charge in [0.25, 0.3) is 0 Å². The maximum absolute atomic E-state index is 12.6. The van der Waals surface area contributed by atoms with Crippen LogP contribution in [0.2, 0.25) is 0 Å². The summed E-state index contributed by atoms with van der Waals surface area (Å²) in [4.78, 5) is 10.7. The Hall–Kier alpha value is -1.38. The zero-order valence-electron chi connectivity index (χ0n) is 8.97. The molecule has 0 saturated heterocycles. The molecule has 1 rings (SSSR count). The molecule has 3 nitrogen and oxygen atoms in total. The minimum atomic E-state index is -5.73. The van der Waals surface area contributed by atoms with E-state index in [-0.39, 0.29) is 10.0 Å². The van der Waals surface area contributed by atoms with Gasteiger partial charge in [-0.1, -0.05) is 15.9 Å². The number of carbonyl (C=O) groups is 1. The lowest BCUT2D eigenvalue weighted by Gasteiger charge is -2.19. The number of benzene rings is 1. The molecule has 9 heteroatoms. The largest absolute Gasteiger partial charge is 0.487 e. The number of rotatable bonds is 4. The van der Waals surface area contributed by atoms with Gasteiger partial charge in [0.15, 0.2) is 6.61 Å². The zero-order chi connectivity index (χ0) is 14.8. The van der Waals surface area contributed by atoms with E-state index in [4.69, 9.17) is 5.11 Å². The second kappa shape index (κ2) is 5.32.